The first kappa shape index (κ1) is 8.36. The monoisotopic (exact) mass is 198 g/mol. The van der Waals surface area contributed by atoms with Crippen molar-refractivity contribution in [2.45, 2.75) is 0 Å². The van der Waals surface area contributed by atoms with Crippen LogP contribution in [-0.2, 0) is 0 Å². The zero-order chi connectivity index (χ0) is 10.3. The SMILES string of the molecule is Oc1cc2ccccc2c2c1C=CCO2. The molecule has 2 nitrogen and oxygen atoms in total. The maximum Gasteiger partial charge on any atom is 0.138 e. The van der Waals surface area contributed by atoms with Crippen LogP contribution in [0.25, 0.3) is 16.8 Å². The number of fused-ring (bicyclic) bond motifs is 3. The van der Waals surface area contributed by atoms with E-state index in [1.807, 2.05) is 36.4 Å². The van der Waals surface area contributed by atoms with Gasteiger partial charge in [0.15, 0.2) is 0 Å². The number of aromatic hydroxyl groups is 1. The van der Waals surface area contributed by atoms with E-state index < -0.39 is 0 Å². The highest BCUT2D eigenvalue weighted by molar-refractivity contribution is 5.94. The van der Waals surface area contributed by atoms with Crippen LogP contribution in [0.3, 0.4) is 0 Å². The third kappa shape index (κ3) is 1.18. The van der Waals surface area contributed by atoms with Gasteiger partial charge in [-0.25, -0.2) is 0 Å². The van der Waals surface area contributed by atoms with Crippen LogP contribution in [0.1, 0.15) is 5.56 Å². The molecule has 0 bridgehead atoms. The lowest BCUT2D eigenvalue weighted by Crippen LogP contribution is -2.01. The molecule has 1 heterocycles. The molecule has 0 saturated heterocycles. The normalized spacial score (nSPS) is 13.6. The Kier molecular flexibility index (Phi) is 1.68. The van der Waals surface area contributed by atoms with Crippen molar-refractivity contribution >= 4 is 16.8 Å². The second-order valence-electron chi connectivity index (χ2n) is 3.57. The molecule has 0 saturated carbocycles. The summed E-state index contributed by atoms with van der Waals surface area (Å²) in [5.41, 5.74) is 0.778. The Hall–Kier alpha value is -1.96. The van der Waals surface area contributed by atoms with Crippen molar-refractivity contribution < 1.29 is 9.84 Å². The molecule has 1 aliphatic rings. The highest BCUT2D eigenvalue weighted by Gasteiger charge is 2.13. The number of ether oxygens (including phenoxy) is 1. The van der Waals surface area contributed by atoms with E-state index in [-0.39, 0.29) is 5.75 Å². The smallest absolute Gasteiger partial charge is 0.138 e. The number of benzene rings is 2. The van der Waals surface area contributed by atoms with Crippen LogP contribution in [0.2, 0.25) is 0 Å². The second-order valence-corrected chi connectivity index (χ2v) is 3.57. The minimum atomic E-state index is 0.277. The van der Waals surface area contributed by atoms with Gasteiger partial charge in [0.1, 0.15) is 18.1 Å². The van der Waals surface area contributed by atoms with Crippen molar-refractivity contribution in [3.8, 4) is 11.5 Å². The van der Waals surface area contributed by atoms with E-state index in [2.05, 4.69) is 0 Å². The van der Waals surface area contributed by atoms with Crippen LogP contribution in [-0.4, -0.2) is 11.7 Å². The average Bonchev–Trinajstić information content (AvgIpc) is 2.30. The molecule has 0 atom stereocenters. The summed E-state index contributed by atoms with van der Waals surface area (Å²) in [5.74, 6) is 1.06. The van der Waals surface area contributed by atoms with E-state index in [0.29, 0.717) is 6.61 Å². The molecular weight excluding hydrogens is 188 g/mol. The maximum atomic E-state index is 9.82. The van der Waals surface area contributed by atoms with Crippen LogP contribution in [0.15, 0.2) is 36.4 Å². The van der Waals surface area contributed by atoms with Gasteiger partial charge in [0.25, 0.3) is 0 Å². The summed E-state index contributed by atoms with van der Waals surface area (Å²) < 4.78 is 5.57. The van der Waals surface area contributed by atoms with Crippen LogP contribution < -0.4 is 4.74 Å². The third-order valence-electron chi connectivity index (χ3n) is 2.63. The highest BCUT2D eigenvalue weighted by atomic mass is 16.5. The molecule has 74 valence electrons. The predicted molar refractivity (Wildman–Crippen MR) is 60.1 cm³/mol. The number of phenols is 1. The van der Waals surface area contributed by atoms with Gasteiger partial charge in [-0.2, -0.15) is 0 Å². The first-order chi connectivity index (χ1) is 7.36. The summed E-state index contributed by atoms with van der Waals surface area (Å²) in [5, 5.41) is 11.9. The van der Waals surface area contributed by atoms with Crippen molar-refractivity contribution in [1.29, 1.82) is 0 Å². The standard InChI is InChI=1S/C13H10O2/c14-12-8-9-4-1-2-5-10(9)13-11(12)6-3-7-15-13/h1-6,8,14H,7H2. The topological polar surface area (TPSA) is 29.5 Å². The lowest BCUT2D eigenvalue weighted by atomic mass is 10.0. The van der Waals surface area contributed by atoms with E-state index >= 15 is 0 Å². The number of rotatable bonds is 0. The van der Waals surface area contributed by atoms with Gasteiger partial charge < -0.3 is 9.84 Å². The lowest BCUT2D eigenvalue weighted by molar-refractivity contribution is 0.359. The molecule has 3 rings (SSSR count). The molecule has 0 fully saturated rings. The fourth-order valence-corrected chi connectivity index (χ4v) is 1.93. The van der Waals surface area contributed by atoms with Crippen molar-refractivity contribution in [1.82, 2.24) is 0 Å². The molecule has 2 aromatic rings. The summed E-state index contributed by atoms with van der Waals surface area (Å²) in [6.45, 7) is 0.570. The van der Waals surface area contributed by atoms with Crippen molar-refractivity contribution in [2.24, 2.45) is 0 Å². The number of phenolic OH excluding ortho intramolecular Hbond substituents is 1. The Morgan fingerprint density at radius 2 is 2.07 bits per heavy atom. The van der Waals surface area contributed by atoms with Gasteiger partial charge in [-0.3, -0.25) is 0 Å². The Bertz CT molecular complexity index is 556. The van der Waals surface area contributed by atoms with Gasteiger partial charge in [0.2, 0.25) is 0 Å². The first-order valence-corrected chi connectivity index (χ1v) is 4.90. The molecular formula is C13H10O2. The minimum absolute atomic E-state index is 0.277. The van der Waals surface area contributed by atoms with Crippen LogP contribution in [0.5, 0.6) is 11.5 Å². The van der Waals surface area contributed by atoms with E-state index in [1.54, 1.807) is 6.07 Å². The summed E-state index contributed by atoms with van der Waals surface area (Å²) in [4.78, 5) is 0. The quantitative estimate of drug-likeness (QED) is 0.705. The predicted octanol–water partition coefficient (Wildman–Crippen LogP) is 2.95. The Morgan fingerprint density at radius 1 is 1.20 bits per heavy atom. The van der Waals surface area contributed by atoms with E-state index in [0.717, 1.165) is 22.1 Å². The zero-order valence-corrected chi connectivity index (χ0v) is 8.10. The fourth-order valence-electron chi connectivity index (χ4n) is 1.93. The fraction of sp³-hybridized carbons (Fsp3) is 0.0769. The maximum absolute atomic E-state index is 9.82. The molecule has 2 aromatic carbocycles. The van der Waals surface area contributed by atoms with Crippen LogP contribution in [0.4, 0.5) is 0 Å². The summed E-state index contributed by atoms with van der Waals surface area (Å²) in [6.07, 6.45) is 3.80. The van der Waals surface area contributed by atoms with E-state index in [9.17, 15) is 5.11 Å². The molecule has 0 aromatic heterocycles. The third-order valence-corrected chi connectivity index (χ3v) is 2.63. The van der Waals surface area contributed by atoms with E-state index in [1.165, 1.54) is 0 Å². The largest absolute Gasteiger partial charge is 0.507 e. The molecule has 1 N–H and O–H groups in total. The van der Waals surface area contributed by atoms with Crippen LogP contribution >= 0.6 is 0 Å². The van der Waals surface area contributed by atoms with Crippen molar-refractivity contribution in [3.63, 3.8) is 0 Å². The molecule has 0 radical (unpaired) electrons. The Balaban J connectivity index is 2.45. The van der Waals surface area contributed by atoms with Gasteiger partial charge in [-0.05, 0) is 23.6 Å². The summed E-state index contributed by atoms with van der Waals surface area (Å²) >= 11 is 0. The van der Waals surface area contributed by atoms with Crippen molar-refractivity contribution in [3.05, 3.63) is 42.0 Å². The lowest BCUT2D eigenvalue weighted by Gasteiger charge is -2.16. The number of hydrogen-bond acceptors (Lipinski definition) is 2. The Morgan fingerprint density at radius 3 is 3.00 bits per heavy atom. The average molecular weight is 198 g/mol. The molecule has 0 unspecified atom stereocenters. The van der Waals surface area contributed by atoms with Crippen molar-refractivity contribution in [2.75, 3.05) is 6.61 Å². The highest BCUT2D eigenvalue weighted by Crippen LogP contribution is 2.38. The molecule has 0 spiro atoms. The van der Waals surface area contributed by atoms with Crippen LogP contribution in [0, 0.1) is 0 Å². The molecule has 2 heteroatoms. The van der Waals surface area contributed by atoms with Gasteiger partial charge in [-0.15, -0.1) is 0 Å². The minimum Gasteiger partial charge on any atom is -0.507 e. The second kappa shape index (κ2) is 3.02. The van der Waals surface area contributed by atoms with Gasteiger partial charge in [0.05, 0.1) is 5.56 Å². The summed E-state index contributed by atoms with van der Waals surface area (Å²) in [6, 6.07) is 9.67. The van der Waals surface area contributed by atoms with Gasteiger partial charge >= 0.3 is 0 Å². The Labute approximate surface area is 87.4 Å². The first-order valence-electron chi connectivity index (χ1n) is 4.90. The molecule has 15 heavy (non-hydrogen) atoms. The molecule has 0 aliphatic carbocycles. The molecule has 1 aliphatic heterocycles. The molecule has 0 amide bonds. The van der Waals surface area contributed by atoms with Gasteiger partial charge in [-0.1, -0.05) is 24.3 Å². The van der Waals surface area contributed by atoms with Gasteiger partial charge in [0, 0.05) is 5.39 Å². The summed E-state index contributed by atoms with van der Waals surface area (Å²) in [7, 11) is 0. The zero-order valence-electron chi connectivity index (χ0n) is 8.10. The number of hydrogen-bond donors (Lipinski definition) is 1. The van der Waals surface area contributed by atoms with E-state index in [4.69, 9.17) is 4.74 Å².